The molecule has 13 nitrogen and oxygen atoms in total. The van der Waals surface area contributed by atoms with Crippen molar-refractivity contribution in [1.82, 2.24) is 20.0 Å². The lowest BCUT2D eigenvalue weighted by Gasteiger charge is -2.44. The van der Waals surface area contributed by atoms with Crippen molar-refractivity contribution in [2.45, 2.75) is 37.4 Å². The van der Waals surface area contributed by atoms with Crippen LogP contribution in [0.15, 0.2) is 36.4 Å². The summed E-state index contributed by atoms with van der Waals surface area (Å²) in [5.41, 5.74) is 2.61. The number of amides is 1. The van der Waals surface area contributed by atoms with Gasteiger partial charge in [-0.3, -0.25) is 10.0 Å². The lowest BCUT2D eigenvalue weighted by molar-refractivity contribution is -0.132. The Morgan fingerprint density at radius 3 is 2.22 bits per heavy atom. The van der Waals surface area contributed by atoms with Gasteiger partial charge in [-0.2, -0.15) is 4.31 Å². The van der Waals surface area contributed by atoms with Gasteiger partial charge in [-0.15, -0.1) is 10.2 Å². The van der Waals surface area contributed by atoms with Crippen LogP contribution in [0.1, 0.15) is 32.6 Å². The second-order valence-corrected chi connectivity index (χ2v) is 12.3. The number of carbonyl (C=O) groups is 1. The molecule has 3 heterocycles. The Bertz CT molecular complexity index is 1210. The predicted octanol–water partition coefficient (Wildman–Crippen LogP) is 1.68. The highest BCUT2D eigenvalue weighted by molar-refractivity contribution is 7.91. The van der Waals surface area contributed by atoms with Crippen molar-refractivity contribution in [2.24, 2.45) is 0 Å². The number of anilines is 2. The van der Waals surface area contributed by atoms with E-state index < -0.39 is 20.7 Å². The molecule has 0 radical (unpaired) electrons. The zero-order chi connectivity index (χ0) is 29.3. The van der Waals surface area contributed by atoms with Gasteiger partial charge in [0.05, 0.1) is 13.2 Å². The number of hydroxylamine groups is 1. The van der Waals surface area contributed by atoms with E-state index >= 15 is 0 Å². The summed E-state index contributed by atoms with van der Waals surface area (Å²) in [5.74, 6) is 0.806. The van der Waals surface area contributed by atoms with Crippen molar-refractivity contribution in [3.63, 3.8) is 0 Å². The van der Waals surface area contributed by atoms with Gasteiger partial charge in [-0.25, -0.2) is 13.9 Å². The van der Waals surface area contributed by atoms with E-state index in [-0.39, 0.29) is 39.0 Å². The SMILES string of the molecule is CCCCOc1ccc(N2CCN(S(=O)(=O)C3(C(=O)NO)CCN(c4ccc(OCCOC)nn4)CC3)CC2)cc1. The Kier molecular flexibility index (Phi) is 10.6. The number of benzene rings is 1. The van der Waals surface area contributed by atoms with Crippen LogP contribution in [0, 0.1) is 0 Å². The number of methoxy groups -OCH3 is 1. The summed E-state index contributed by atoms with van der Waals surface area (Å²) < 4.78 is 43.6. The average molecular weight is 593 g/mol. The Balaban J connectivity index is 1.38. The van der Waals surface area contributed by atoms with E-state index in [1.165, 1.54) is 4.31 Å². The third-order valence-corrected chi connectivity index (χ3v) is 10.2. The third-order valence-electron chi connectivity index (χ3n) is 7.61. The zero-order valence-corrected chi connectivity index (χ0v) is 24.5. The molecule has 0 spiro atoms. The van der Waals surface area contributed by atoms with Crippen LogP contribution in [-0.4, -0.2) is 105 Å². The fraction of sp³-hybridized carbons (Fsp3) is 0.593. The van der Waals surface area contributed by atoms with Gasteiger partial charge in [-0.1, -0.05) is 13.3 Å². The molecule has 14 heteroatoms. The van der Waals surface area contributed by atoms with Gasteiger partial charge in [0.2, 0.25) is 15.9 Å². The van der Waals surface area contributed by atoms with Crippen LogP contribution in [0.4, 0.5) is 11.5 Å². The maximum atomic E-state index is 13.9. The molecule has 2 fully saturated rings. The van der Waals surface area contributed by atoms with Crippen LogP contribution < -0.4 is 24.8 Å². The number of unbranched alkanes of at least 4 members (excludes halogenated alkanes) is 1. The van der Waals surface area contributed by atoms with Crippen molar-refractivity contribution in [2.75, 3.05) is 76.0 Å². The number of aromatic nitrogens is 2. The molecule has 0 saturated carbocycles. The molecule has 2 aliphatic rings. The van der Waals surface area contributed by atoms with Crippen LogP contribution in [0.2, 0.25) is 0 Å². The molecule has 41 heavy (non-hydrogen) atoms. The molecule has 0 unspecified atom stereocenters. The van der Waals surface area contributed by atoms with E-state index in [9.17, 15) is 18.4 Å². The number of nitrogens with one attached hydrogen (secondary N) is 1. The lowest BCUT2D eigenvalue weighted by Crippen LogP contribution is -2.63. The number of rotatable bonds is 13. The molecule has 2 aromatic rings. The highest BCUT2D eigenvalue weighted by Crippen LogP contribution is 2.36. The maximum Gasteiger partial charge on any atom is 0.266 e. The molecule has 0 bridgehead atoms. The molecule has 4 rings (SSSR count). The van der Waals surface area contributed by atoms with Gasteiger partial charge in [0.25, 0.3) is 5.91 Å². The van der Waals surface area contributed by atoms with Crippen molar-refractivity contribution < 1.29 is 32.6 Å². The minimum atomic E-state index is -4.09. The first-order chi connectivity index (χ1) is 19.8. The third kappa shape index (κ3) is 7.00. The smallest absolute Gasteiger partial charge is 0.266 e. The molecule has 2 aliphatic heterocycles. The fourth-order valence-corrected chi connectivity index (χ4v) is 7.23. The summed E-state index contributed by atoms with van der Waals surface area (Å²) in [4.78, 5) is 16.9. The number of piperidine rings is 1. The standard InChI is InChI=1S/C27H40N6O7S/c1-3-4-19-39-23-7-5-22(6-8-23)31-15-17-33(18-16-31)41(36,37)27(26(34)30-35)11-13-32(14-12-27)24-9-10-25(29-28-24)40-21-20-38-2/h5-10,35H,3-4,11-21H2,1-2H3,(H,30,34). The molecule has 2 saturated heterocycles. The normalized spacial score (nSPS) is 17.7. The van der Waals surface area contributed by atoms with E-state index in [0.717, 1.165) is 24.3 Å². The van der Waals surface area contributed by atoms with E-state index in [0.29, 0.717) is 44.6 Å². The van der Waals surface area contributed by atoms with Crippen LogP contribution in [0.3, 0.4) is 0 Å². The zero-order valence-electron chi connectivity index (χ0n) is 23.7. The highest BCUT2D eigenvalue weighted by atomic mass is 32.2. The molecule has 1 aromatic carbocycles. The lowest BCUT2D eigenvalue weighted by atomic mass is 9.95. The van der Waals surface area contributed by atoms with Gasteiger partial charge in [0.15, 0.2) is 10.6 Å². The van der Waals surface area contributed by atoms with E-state index in [1.807, 2.05) is 29.2 Å². The number of hydrogen-bond donors (Lipinski definition) is 2. The molecule has 0 aliphatic carbocycles. The van der Waals surface area contributed by atoms with Crippen molar-refractivity contribution in [1.29, 1.82) is 0 Å². The summed E-state index contributed by atoms with van der Waals surface area (Å²) >= 11 is 0. The van der Waals surface area contributed by atoms with E-state index in [1.54, 1.807) is 24.7 Å². The number of carbonyl (C=O) groups excluding carboxylic acids is 1. The van der Waals surface area contributed by atoms with Gasteiger partial charge in [0.1, 0.15) is 12.4 Å². The number of nitrogens with zero attached hydrogens (tertiary/aromatic N) is 5. The quantitative estimate of drug-likeness (QED) is 0.199. The van der Waals surface area contributed by atoms with Gasteiger partial charge in [0, 0.05) is 58.1 Å². The summed E-state index contributed by atoms with van der Waals surface area (Å²) in [6.07, 6.45) is 2.06. The van der Waals surface area contributed by atoms with Gasteiger partial charge in [-0.05, 0) is 49.6 Å². The Hall–Kier alpha value is -3.20. The average Bonchev–Trinajstić information content (AvgIpc) is 3.01. The van der Waals surface area contributed by atoms with Crippen molar-refractivity contribution in [3.8, 4) is 11.6 Å². The fourth-order valence-electron chi connectivity index (χ4n) is 5.11. The monoisotopic (exact) mass is 592 g/mol. The van der Waals surface area contributed by atoms with Gasteiger partial charge >= 0.3 is 0 Å². The molecular formula is C27H40N6O7S. The highest BCUT2D eigenvalue weighted by Gasteiger charge is 2.55. The summed E-state index contributed by atoms with van der Waals surface area (Å²) in [6, 6.07) is 11.2. The summed E-state index contributed by atoms with van der Waals surface area (Å²) in [7, 11) is -2.51. The van der Waals surface area contributed by atoms with E-state index in [2.05, 4.69) is 22.0 Å². The largest absolute Gasteiger partial charge is 0.494 e. The van der Waals surface area contributed by atoms with Crippen LogP contribution in [0.5, 0.6) is 11.6 Å². The molecule has 2 N–H and O–H groups in total. The van der Waals surface area contributed by atoms with Crippen molar-refractivity contribution >= 4 is 27.4 Å². The van der Waals surface area contributed by atoms with Crippen LogP contribution in [-0.2, 0) is 19.6 Å². The summed E-state index contributed by atoms with van der Waals surface area (Å²) in [6.45, 7) is 5.49. The molecule has 226 valence electrons. The number of piperazine rings is 1. The predicted molar refractivity (Wildman–Crippen MR) is 153 cm³/mol. The minimum Gasteiger partial charge on any atom is -0.494 e. The van der Waals surface area contributed by atoms with Crippen LogP contribution >= 0.6 is 0 Å². The second kappa shape index (κ2) is 14.1. The molecular weight excluding hydrogens is 552 g/mol. The van der Waals surface area contributed by atoms with Crippen LogP contribution in [0.25, 0.3) is 0 Å². The summed E-state index contributed by atoms with van der Waals surface area (Å²) in [5, 5.41) is 17.8. The Morgan fingerprint density at radius 2 is 1.63 bits per heavy atom. The first-order valence-corrected chi connectivity index (χ1v) is 15.4. The Labute approximate surface area is 241 Å². The second-order valence-electron chi connectivity index (χ2n) is 10.1. The minimum absolute atomic E-state index is 0.00476. The number of ether oxygens (including phenoxy) is 3. The Morgan fingerprint density at radius 1 is 0.927 bits per heavy atom. The first kappa shape index (κ1) is 30.8. The number of sulfonamides is 1. The molecule has 1 amide bonds. The van der Waals surface area contributed by atoms with E-state index in [4.69, 9.17) is 14.2 Å². The van der Waals surface area contributed by atoms with Gasteiger partial charge < -0.3 is 24.0 Å². The first-order valence-electron chi connectivity index (χ1n) is 14.0. The maximum absolute atomic E-state index is 13.9. The van der Waals surface area contributed by atoms with Crippen molar-refractivity contribution in [3.05, 3.63) is 36.4 Å². The topological polar surface area (TPSA) is 147 Å². The molecule has 1 aromatic heterocycles. The molecule has 0 atom stereocenters. The number of hydrogen-bond acceptors (Lipinski definition) is 11.